The van der Waals surface area contributed by atoms with Crippen LogP contribution in [0.4, 0.5) is 4.79 Å². The molecule has 1 saturated carbocycles. The Balaban J connectivity index is 1.90. The minimum Gasteiger partial charge on any atom is -0.444 e. The van der Waals surface area contributed by atoms with Crippen molar-refractivity contribution < 1.29 is 14.6 Å². The van der Waals surface area contributed by atoms with Crippen LogP contribution in [-0.2, 0) is 11.8 Å². The molecule has 1 heterocycles. The normalized spacial score (nSPS) is 25.2. The zero-order valence-electron chi connectivity index (χ0n) is 13.4. The van der Waals surface area contributed by atoms with Crippen molar-refractivity contribution in [1.82, 2.24) is 20.1 Å². The quantitative estimate of drug-likeness (QED) is 0.752. The Kier molecular flexibility index (Phi) is 4.60. The van der Waals surface area contributed by atoms with E-state index in [1.807, 2.05) is 0 Å². The number of nitrogens with zero attached hydrogens (tertiary/aromatic N) is 2. The molecule has 1 fully saturated rings. The summed E-state index contributed by atoms with van der Waals surface area (Å²) in [4.78, 5) is 23.1. The molecule has 1 aromatic heterocycles. The first-order chi connectivity index (χ1) is 10.2. The molecule has 3 N–H and O–H groups in total. The van der Waals surface area contributed by atoms with Crippen LogP contribution in [0.5, 0.6) is 0 Å². The Bertz CT molecular complexity index is 586. The molecule has 1 amide bonds. The number of aromatic amines is 1. The zero-order valence-corrected chi connectivity index (χ0v) is 13.4. The van der Waals surface area contributed by atoms with Crippen LogP contribution in [0.2, 0.25) is 0 Å². The predicted molar refractivity (Wildman–Crippen MR) is 79.5 cm³/mol. The van der Waals surface area contributed by atoms with Gasteiger partial charge in [-0.25, -0.2) is 14.7 Å². The number of amides is 1. The highest BCUT2D eigenvalue weighted by Gasteiger charge is 2.36. The smallest absolute Gasteiger partial charge is 0.407 e. The van der Waals surface area contributed by atoms with Gasteiger partial charge in [0.05, 0.1) is 6.10 Å². The van der Waals surface area contributed by atoms with Crippen molar-refractivity contribution >= 4 is 6.09 Å². The summed E-state index contributed by atoms with van der Waals surface area (Å²) >= 11 is 0. The monoisotopic (exact) mass is 312 g/mol. The minimum absolute atomic E-state index is 0.00406. The molecule has 124 valence electrons. The molecule has 0 aromatic carbocycles. The second kappa shape index (κ2) is 6.12. The molecule has 0 unspecified atom stereocenters. The summed E-state index contributed by atoms with van der Waals surface area (Å²) in [6.07, 6.45) is 0.163. The maximum Gasteiger partial charge on any atom is 0.407 e. The van der Waals surface area contributed by atoms with Crippen molar-refractivity contribution in [3.63, 3.8) is 0 Å². The SMILES string of the molecule is Cn1c([C@H]2C[C@H](CNC(=O)OC(C)(C)C)[C@H](O)C2)n[nH]c1=O. The van der Waals surface area contributed by atoms with E-state index in [0.717, 1.165) is 0 Å². The summed E-state index contributed by atoms with van der Waals surface area (Å²) in [7, 11) is 1.65. The van der Waals surface area contributed by atoms with Crippen LogP contribution in [0.3, 0.4) is 0 Å². The number of alkyl carbamates (subject to hydrolysis) is 1. The van der Waals surface area contributed by atoms with Crippen LogP contribution in [0, 0.1) is 5.92 Å². The summed E-state index contributed by atoms with van der Waals surface area (Å²) in [5.41, 5.74) is -0.811. The second-order valence-corrected chi connectivity index (χ2v) is 6.82. The lowest BCUT2D eigenvalue weighted by atomic mass is 10.0. The molecule has 22 heavy (non-hydrogen) atoms. The molecule has 1 aliphatic rings. The molecular formula is C14H24N4O4. The van der Waals surface area contributed by atoms with Gasteiger partial charge in [-0.1, -0.05) is 0 Å². The summed E-state index contributed by atoms with van der Waals surface area (Å²) in [6, 6.07) is 0. The van der Waals surface area contributed by atoms with E-state index >= 15 is 0 Å². The topological polar surface area (TPSA) is 109 Å². The van der Waals surface area contributed by atoms with Crippen molar-refractivity contribution in [2.24, 2.45) is 13.0 Å². The van der Waals surface area contributed by atoms with Crippen LogP contribution < -0.4 is 11.0 Å². The summed E-state index contributed by atoms with van der Waals surface area (Å²) in [6.45, 7) is 5.73. The molecule has 0 radical (unpaired) electrons. The van der Waals surface area contributed by atoms with Gasteiger partial charge >= 0.3 is 11.8 Å². The standard InChI is InChI=1S/C14H24N4O4/c1-14(2,3)22-13(21)15-7-9-5-8(6-10(9)19)11-16-17-12(20)18(11)4/h8-10,19H,5-7H2,1-4H3,(H,15,21)(H,17,20)/t8-,9+,10+/m0/s1. The molecule has 0 aliphatic heterocycles. The Morgan fingerprint density at radius 2 is 2.18 bits per heavy atom. The molecule has 8 heteroatoms. The number of ether oxygens (including phenoxy) is 1. The molecular weight excluding hydrogens is 288 g/mol. The molecule has 0 spiro atoms. The van der Waals surface area contributed by atoms with Gasteiger partial charge in [0.1, 0.15) is 11.4 Å². The molecule has 1 aromatic rings. The maximum absolute atomic E-state index is 11.7. The molecule has 0 bridgehead atoms. The van der Waals surface area contributed by atoms with Crippen LogP contribution >= 0.6 is 0 Å². The van der Waals surface area contributed by atoms with Gasteiger partial charge in [0, 0.05) is 25.4 Å². The number of aliphatic hydroxyl groups excluding tert-OH is 1. The van der Waals surface area contributed by atoms with E-state index in [9.17, 15) is 14.7 Å². The van der Waals surface area contributed by atoms with Gasteiger partial charge in [0.25, 0.3) is 0 Å². The first-order valence-electron chi connectivity index (χ1n) is 7.43. The highest BCUT2D eigenvalue weighted by molar-refractivity contribution is 5.67. The third kappa shape index (κ3) is 3.88. The van der Waals surface area contributed by atoms with Crippen molar-refractivity contribution in [1.29, 1.82) is 0 Å². The van der Waals surface area contributed by atoms with Gasteiger partial charge < -0.3 is 15.2 Å². The Morgan fingerprint density at radius 3 is 2.73 bits per heavy atom. The number of H-pyrrole nitrogens is 1. The largest absolute Gasteiger partial charge is 0.444 e. The van der Waals surface area contributed by atoms with Gasteiger partial charge in [-0.3, -0.25) is 4.57 Å². The molecule has 1 aliphatic carbocycles. The van der Waals surface area contributed by atoms with Crippen molar-refractivity contribution in [2.45, 2.75) is 51.2 Å². The predicted octanol–water partition coefficient (Wildman–Crippen LogP) is 0.488. The zero-order chi connectivity index (χ0) is 16.5. The number of carbonyl (C=O) groups is 1. The molecule has 8 nitrogen and oxygen atoms in total. The number of hydrogen-bond donors (Lipinski definition) is 3. The van der Waals surface area contributed by atoms with E-state index in [1.54, 1.807) is 27.8 Å². The number of rotatable bonds is 3. The molecule has 0 saturated heterocycles. The van der Waals surface area contributed by atoms with Gasteiger partial charge in [0.2, 0.25) is 0 Å². The van der Waals surface area contributed by atoms with Gasteiger partial charge in [0.15, 0.2) is 0 Å². The second-order valence-electron chi connectivity index (χ2n) is 6.82. The number of nitrogens with one attached hydrogen (secondary N) is 2. The van der Waals surface area contributed by atoms with Crippen molar-refractivity contribution in [3.8, 4) is 0 Å². The Labute approximate surface area is 128 Å². The number of hydrogen-bond acceptors (Lipinski definition) is 5. The minimum atomic E-state index is -0.547. The van der Waals surface area contributed by atoms with E-state index in [2.05, 4.69) is 15.5 Å². The average molecular weight is 312 g/mol. The number of aliphatic hydroxyl groups is 1. The lowest BCUT2D eigenvalue weighted by Gasteiger charge is -2.21. The van der Waals surface area contributed by atoms with Gasteiger partial charge in [-0.05, 0) is 33.6 Å². The highest BCUT2D eigenvalue weighted by Crippen LogP contribution is 2.36. The van der Waals surface area contributed by atoms with Crippen molar-refractivity contribution in [2.75, 3.05) is 6.54 Å². The number of aromatic nitrogens is 3. The highest BCUT2D eigenvalue weighted by atomic mass is 16.6. The van der Waals surface area contributed by atoms with Crippen LogP contribution in [0.1, 0.15) is 45.4 Å². The Hall–Kier alpha value is -1.83. The third-order valence-corrected chi connectivity index (χ3v) is 3.84. The fraction of sp³-hybridized carbons (Fsp3) is 0.786. The summed E-state index contributed by atoms with van der Waals surface area (Å²) in [5.74, 6) is 0.567. The first kappa shape index (κ1) is 16.5. The van der Waals surface area contributed by atoms with Crippen molar-refractivity contribution in [3.05, 3.63) is 16.3 Å². The summed E-state index contributed by atoms with van der Waals surface area (Å²) < 4.78 is 6.63. The van der Waals surface area contributed by atoms with Crippen LogP contribution in [0.15, 0.2) is 4.79 Å². The average Bonchev–Trinajstić information content (AvgIpc) is 2.90. The molecule has 3 atom stereocenters. The van der Waals surface area contributed by atoms with Crippen LogP contribution in [-0.4, -0.2) is 44.2 Å². The molecule has 2 rings (SSSR count). The lowest BCUT2D eigenvalue weighted by molar-refractivity contribution is 0.0500. The van der Waals surface area contributed by atoms with E-state index < -0.39 is 17.8 Å². The first-order valence-corrected chi connectivity index (χ1v) is 7.43. The summed E-state index contributed by atoms with van der Waals surface area (Å²) in [5, 5.41) is 19.2. The lowest BCUT2D eigenvalue weighted by Crippen LogP contribution is -2.36. The fourth-order valence-electron chi connectivity index (χ4n) is 2.79. The van der Waals surface area contributed by atoms with E-state index in [0.29, 0.717) is 25.2 Å². The van der Waals surface area contributed by atoms with E-state index in [4.69, 9.17) is 4.74 Å². The van der Waals surface area contributed by atoms with Crippen LogP contribution in [0.25, 0.3) is 0 Å². The third-order valence-electron chi connectivity index (χ3n) is 3.84. The fourth-order valence-corrected chi connectivity index (χ4v) is 2.79. The maximum atomic E-state index is 11.7. The Morgan fingerprint density at radius 1 is 1.50 bits per heavy atom. The van der Waals surface area contributed by atoms with Gasteiger partial charge in [-0.15, -0.1) is 0 Å². The van der Waals surface area contributed by atoms with E-state index in [1.165, 1.54) is 4.57 Å². The van der Waals surface area contributed by atoms with Gasteiger partial charge in [-0.2, -0.15) is 5.10 Å². The van der Waals surface area contributed by atoms with E-state index in [-0.39, 0.29) is 17.5 Å². The number of carbonyl (C=O) groups excluding carboxylic acids is 1.